The zero-order valence-electron chi connectivity index (χ0n) is 13.0. The highest BCUT2D eigenvalue weighted by molar-refractivity contribution is 7.15. The van der Waals surface area contributed by atoms with Crippen LogP contribution in [0.3, 0.4) is 0 Å². The van der Waals surface area contributed by atoms with Crippen LogP contribution in [0.25, 0.3) is 0 Å². The molecule has 7 heteroatoms. The number of anilines is 2. The number of nitrogens with one attached hydrogen (secondary N) is 2. The molecule has 24 heavy (non-hydrogen) atoms. The summed E-state index contributed by atoms with van der Waals surface area (Å²) in [5.41, 5.74) is 0.709. The fourth-order valence-electron chi connectivity index (χ4n) is 1.98. The smallest absolute Gasteiger partial charge is 0.325 e. The highest BCUT2D eigenvalue weighted by atomic mass is 32.1. The van der Waals surface area contributed by atoms with Crippen LogP contribution in [-0.2, 0) is 0 Å². The molecule has 0 aliphatic rings. The van der Waals surface area contributed by atoms with Gasteiger partial charge in [-0.15, -0.1) is 10.2 Å². The van der Waals surface area contributed by atoms with E-state index in [-0.39, 0.29) is 12.1 Å². The summed E-state index contributed by atoms with van der Waals surface area (Å²) >= 11 is 1.28. The number of hydrogen-bond acceptors (Lipinski definition) is 5. The van der Waals surface area contributed by atoms with Gasteiger partial charge < -0.3 is 10.1 Å². The van der Waals surface area contributed by atoms with Gasteiger partial charge in [-0.25, -0.2) is 4.79 Å². The summed E-state index contributed by atoms with van der Waals surface area (Å²) in [5, 5.41) is 14.6. The van der Waals surface area contributed by atoms with E-state index in [1.54, 1.807) is 12.1 Å². The van der Waals surface area contributed by atoms with Gasteiger partial charge in [-0.1, -0.05) is 47.7 Å². The molecule has 1 heterocycles. The van der Waals surface area contributed by atoms with Crippen molar-refractivity contribution in [1.82, 2.24) is 10.2 Å². The van der Waals surface area contributed by atoms with E-state index in [1.165, 1.54) is 11.3 Å². The summed E-state index contributed by atoms with van der Waals surface area (Å²) in [4.78, 5) is 11.9. The molecule has 0 spiro atoms. The molecule has 0 aliphatic carbocycles. The van der Waals surface area contributed by atoms with Crippen LogP contribution < -0.4 is 15.4 Å². The van der Waals surface area contributed by atoms with Crippen LogP contribution in [0.1, 0.15) is 18.0 Å². The summed E-state index contributed by atoms with van der Waals surface area (Å²) in [7, 11) is 0. The molecule has 122 valence electrons. The molecule has 0 saturated heterocycles. The standard InChI is InChI=1S/C17H16N4O2S/c1-12(23-14-10-6-3-7-11-14)15-20-21-17(24-15)19-16(22)18-13-8-4-2-5-9-13/h2-12H,1H3,(H2,18,19,21,22)/t12-/m0/s1. The van der Waals surface area contributed by atoms with E-state index in [0.717, 1.165) is 5.75 Å². The number of ether oxygens (including phenoxy) is 1. The van der Waals surface area contributed by atoms with Crippen molar-refractivity contribution in [3.63, 3.8) is 0 Å². The van der Waals surface area contributed by atoms with Crippen molar-refractivity contribution in [3.05, 3.63) is 65.7 Å². The SMILES string of the molecule is C[C@H](Oc1ccccc1)c1nnc(NC(=O)Nc2ccccc2)s1. The van der Waals surface area contributed by atoms with Crippen LogP contribution in [-0.4, -0.2) is 16.2 Å². The molecule has 0 saturated carbocycles. The Morgan fingerprint density at radius 2 is 1.67 bits per heavy atom. The molecule has 3 rings (SSSR count). The average Bonchev–Trinajstić information content (AvgIpc) is 3.05. The lowest BCUT2D eigenvalue weighted by Crippen LogP contribution is -2.19. The van der Waals surface area contributed by atoms with Crippen LogP contribution in [0.15, 0.2) is 60.7 Å². The molecule has 0 unspecified atom stereocenters. The second-order valence-electron chi connectivity index (χ2n) is 4.96. The van der Waals surface area contributed by atoms with Crippen LogP contribution in [0.5, 0.6) is 5.75 Å². The number of hydrogen-bond donors (Lipinski definition) is 2. The Morgan fingerprint density at radius 1 is 1.00 bits per heavy atom. The Balaban J connectivity index is 1.58. The van der Waals surface area contributed by atoms with Gasteiger partial charge in [0.25, 0.3) is 0 Å². The number of benzene rings is 2. The molecule has 1 aromatic heterocycles. The van der Waals surface area contributed by atoms with Crippen LogP contribution in [0, 0.1) is 0 Å². The number of amides is 2. The third kappa shape index (κ3) is 4.30. The predicted molar refractivity (Wildman–Crippen MR) is 94.5 cm³/mol. The first-order valence-electron chi connectivity index (χ1n) is 7.39. The third-order valence-corrected chi connectivity index (χ3v) is 4.10. The molecule has 2 amide bonds. The monoisotopic (exact) mass is 340 g/mol. The number of urea groups is 1. The first kappa shape index (κ1) is 15.9. The lowest BCUT2D eigenvalue weighted by molar-refractivity contribution is 0.225. The molecule has 2 N–H and O–H groups in total. The normalized spacial score (nSPS) is 11.5. The molecular formula is C17H16N4O2S. The molecule has 1 atom stereocenters. The second kappa shape index (κ2) is 7.56. The van der Waals surface area contributed by atoms with Gasteiger partial charge in [0.05, 0.1) is 0 Å². The van der Waals surface area contributed by atoms with Crippen molar-refractivity contribution in [3.8, 4) is 5.75 Å². The van der Waals surface area contributed by atoms with E-state index in [9.17, 15) is 4.79 Å². The molecule has 0 bridgehead atoms. The Kier molecular flexibility index (Phi) is 5.02. The van der Waals surface area contributed by atoms with E-state index in [0.29, 0.717) is 15.8 Å². The first-order chi connectivity index (χ1) is 11.7. The number of rotatable bonds is 5. The molecular weight excluding hydrogens is 324 g/mol. The average molecular weight is 340 g/mol. The zero-order chi connectivity index (χ0) is 16.8. The molecule has 0 aliphatic heterocycles. The van der Waals surface area contributed by atoms with Crippen molar-refractivity contribution in [2.24, 2.45) is 0 Å². The predicted octanol–water partition coefficient (Wildman–Crippen LogP) is 4.32. The van der Waals surface area contributed by atoms with E-state index in [2.05, 4.69) is 20.8 Å². The first-order valence-corrected chi connectivity index (χ1v) is 8.20. The van der Waals surface area contributed by atoms with E-state index in [1.807, 2.05) is 55.5 Å². The highest BCUT2D eigenvalue weighted by Crippen LogP contribution is 2.26. The maximum absolute atomic E-state index is 11.9. The lowest BCUT2D eigenvalue weighted by Gasteiger charge is -2.11. The van der Waals surface area contributed by atoms with Gasteiger partial charge in [0, 0.05) is 5.69 Å². The lowest BCUT2D eigenvalue weighted by atomic mass is 10.3. The number of para-hydroxylation sites is 2. The molecule has 0 fully saturated rings. The van der Waals surface area contributed by atoms with Crippen molar-refractivity contribution in [2.45, 2.75) is 13.0 Å². The Hall–Kier alpha value is -2.93. The Bertz CT molecular complexity index is 793. The minimum atomic E-state index is -0.361. The fourth-order valence-corrected chi connectivity index (χ4v) is 2.70. The van der Waals surface area contributed by atoms with E-state index in [4.69, 9.17) is 4.74 Å². The molecule has 0 radical (unpaired) electrons. The topological polar surface area (TPSA) is 76.1 Å². The van der Waals surface area contributed by atoms with Crippen LogP contribution in [0.2, 0.25) is 0 Å². The van der Waals surface area contributed by atoms with Crippen molar-refractivity contribution < 1.29 is 9.53 Å². The quantitative estimate of drug-likeness (QED) is 0.725. The molecule has 6 nitrogen and oxygen atoms in total. The second-order valence-corrected chi connectivity index (χ2v) is 5.97. The van der Waals surface area contributed by atoms with Crippen molar-refractivity contribution >= 4 is 28.2 Å². The number of carbonyl (C=O) groups excluding carboxylic acids is 1. The Labute approximate surface area is 143 Å². The number of aromatic nitrogens is 2. The van der Waals surface area contributed by atoms with Crippen molar-refractivity contribution in [1.29, 1.82) is 0 Å². The summed E-state index contributed by atoms with van der Waals surface area (Å²) in [5.74, 6) is 0.761. The van der Waals surface area contributed by atoms with Gasteiger partial charge in [-0.05, 0) is 31.2 Å². The largest absolute Gasteiger partial charge is 0.483 e. The summed E-state index contributed by atoms with van der Waals surface area (Å²) < 4.78 is 5.79. The van der Waals surface area contributed by atoms with Gasteiger partial charge >= 0.3 is 6.03 Å². The van der Waals surface area contributed by atoms with E-state index >= 15 is 0 Å². The number of carbonyl (C=O) groups is 1. The van der Waals surface area contributed by atoms with Crippen LogP contribution in [0.4, 0.5) is 15.6 Å². The molecule has 2 aromatic carbocycles. The summed E-state index contributed by atoms with van der Waals surface area (Å²) in [6.45, 7) is 1.89. The van der Waals surface area contributed by atoms with E-state index < -0.39 is 0 Å². The van der Waals surface area contributed by atoms with Gasteiger partial charge in [0.2, 0.25) is 5.13 Å². The maximum atomic E-state index is 11.9. The van der Waals surface area contributed by atoms with Gasteiger partial charge in [-0.3, -0.25) is 5.32 Å². The van der Waals surface area contributed by atoms with Gasteiger partial charge in [-0.2, -0.15) is 0 Å². The van der Waals surface area contributed by atoms with Crippen molar-refractivity contribution in [2.75, 3.05) is 10.6 Å². The van der Waals surface area contributed by atoms with Gasteiger partial charge in [0.1, 0.15) is 11.9 Å². The summed E-state index contributed by atoms with van der Waals surface area (Å²) in [6.07, 6.45) is -0.252. The zero-order valence-corrected chi connectivity index (χ0v) is 13.8. The van der Waals surface area contributed by atoms with Crippen LogP contribution >= 0.6 is 11.3 Å². The van der Waals surface area contributed by atoms with Gasteiger partial charge in [0.15, 0.2) is 5.01 Å². The maximum Gasteiger partial charge on any atom is 0.325 e. The summed E-state index contributed by atoms with van der Waals surface area (Å²) in [6, 6.07) is 18.3. The minimum Gasteiger partial charge on any atom is -0.483 e. The molecule has 3 aromatic rings. The number of nitrogens with zero attached hydrogens (tertiary/aromatic N) is 2. The highest BCUT2D eigenvalue weighted by Gasteiger charge is 2.15. The fraction of sp³-hybridized carbons (Fsp3) is 0.118. The third-order valence-electron chi connectivity index (χ3n) is 3.10. The Morgan fingerprint density at radius 3 is 2.38 bits per heavy atom. The minimum absolute atomic E-state index is 0.252.